The van der Waals surface area contributed by atoms with Gasteiger partial charge in [-0.2, -0.15) is 5.10 Å². The highest BCUT2D eigenvalue weighted by atomic mass is 35.5. The van der Waals surface area contributed by atoms with Crippen LogP contribution in [0.5, 0.6) is 0 Å². The molecule has 0 bridgehead atoms. The van der Waals surface area contributed by atoms with E-state index in [4.69, 9.17) is 0 Å². The van der Waals surface area contributed by atoms with Gasteiger partial charge in [0.1, 0.15) is 11.4 Å². The lowest BCUT2D eigenvalue weighted by molar-refractivity contribution is -0.126. The molecule has 2 N–H and O–H groups in total. The number of halogens is 2. The van der Waals surface area contributed by atoms with Crippen LogP contribution in [0.3, 0.4) is 0 Å². The SMILES string of the molecule is Cl.O=C(Nc1ncc(Cc2cccc(F)c2)s1)C1(n2cccn2)CCNCC1. The first-order valence-electron chi connectivity index (χ1n) is 8.87. The van der Waals surface area contributed by atoms with Crippen LogP contribution in [0.25, 0.3) is 0 Å². The number of hydrogen-bond acceptors (Lipinski definition) is 5. The summed E-state index contributed by atoms with van der Waals surface area (Å²) in [7, 11) is 0. The highest BCUT2D eigenvalue weighted by Crippen LogP contribution is 2.30. The molecule has 1 aliphatic heterocycles. The van der Waals surface area contributed by atoms with E-state index in [9.17, 15) is 9.18 Å². The van der Waals surface area contributed by atoms with Gasteiger partial charge in [-0.25, -0.2) is 9.37 Å². The molecule has 1 saturated heterocycles. The molecule has 4 rings (SSSR count). The van der Waals surface area contributed by atoms with E-state index in [1.54, 1.807) is 23.1 Å². The zero-order valence-corrected chi connectivity index (χ0v) is 16.7. The minimum absolute atomic E-state index is 0. The third-order valence-electron chi connectivity index (χ3n) is 4.84. The van der Waals surface area contributed by atoms with Gasteiger partial charge in [-0.15, -0.1) is 23.7 Å². The Morgan fingerprint density at radius 3 is 2.86 bits per heavy atom. The molecule has 0 saturated carbocycles. The third-order valence-corrected chi connectivity index (χ3v) is 5.75. The van der Waals surface area contributed by atoms with Gasteiger partial charge in [0.25, 0.3) is 5.91 Å². The summed E-state index contributed by atoms with van der Waals surface area (Å²) in [5.74, 6) is -0.350. The Balaban J connectivity index is 0.00000225. The molecular formula is C19H21ClFN5OS. The highest BCUT2D eigenvalue weighted by Gasteiger charge is 2.42. The molecule has 2 aromatic heterocycles. The largest absolute Gasteiger partial charge is 0.317 e. The third kappa shape index (κ3) is 4.24. The molecule has 0 atom stereocenters. The summed E-state index contributed by atoms with van der Waals surface area (Å²) in [4.78, 5) is 18.4. The maximum atomic E-state index is 13.3. The Labute approximate surface area is 172 Å². The van der Waals surface area contributed by atoms with Crippen LogP contribution < -0.4 is 10.6 Å². The first-order chi connectivity index (χ1) is 13.2. The van der Waals surface area contributed by atoms with E-state index in [2.05, 4.69) is 20.7 Å². The number of rotatable bonds is 5. The van der Waals surface area contributed by atoms with Crippen LogP contribution >= 0.6 is 23.7 Å². The molecular weight excluding hydrogens is 401 g/mol. The van der Waals surface area contributed by atoms with E-state index in [0.29, 0.717) is 24.4 Å². The molecule has 1 aromatic carbocycles. The van der Waals surface area contributed by atoms with Crippen molar-refractivity contribution in [1.82, 2.24) is 20.1 Å². The van der Waals surface area contributed by atoms with Crippen molar-refractivity contribution < 1.29 is 9.18 Å². The Morgan fingerprint density at radius 1 is 1.32 bits per heavy atom. The molecule has 0 unspecified atom stereocenters. The number of benzene rings is 1. The predicted octanol–water partition coefficient (Wildman–Crippen LogP) is 3.21. The van der Waals surface area contributed by atoms with Gasteiger partial charge in [-0.3, -0.25) is 14.8 Å². The van der Waals surface area contributed by atoms with Gasteiger partial charge in [0.2, 0.25) is 0 Å². The average Bonchev–Trinajstić information content (AvgIpc) is 3.35. The molecule has 1 aliphatic rings. The zero-order chi connectivity index (χ0) is 18.7. The van der Waals surface area contributed by atoms with Crippen molar-refractivity contribution in [3.05, 3.63) is 65.2 Å². The highest BCUT2D eigenvalue weighted by molar-refractivity contribution is 7.15. The molecule has 0 radical (unpaired) electrons. The van der Waals surface area contributed by atoms with Gasteiger partial charge in [0, 0.05) is 29.9 Å². The Kier molecular flexibility index (Phi) is 6.43. The van der Waals surface area contributed by atoms with Gasteiger partial charge in [0.05, 0.1) is 0 Å². The number of nitrogens with one attached hydrogen (secondary N) is 2. The van der Waals surface area contributed by atoms with Crippen LogP contribution in [-0.4, -0.2) is 33.8 Å². The Morgan fingerprint density at radius 2 is 2.14 bits per heavy atom. The minimum atomic E-state index is -0.705. The number of anilines is 1. The first kappa shape index (κ1) is 20.4. The minimum Gasteiger partial charge on any atom is -0.317 e. The van der Waals surface area contributed by atoms with Crippen molar-refractivity contribution in [2.75, 3.05) is 18.4 Å². The summed E-state index contributed by atoms with van der Waals surface area (Å²) in [6.45, 7) is 1.52. The number of carbonyl (C=O) groups excluding carboxylic acids is 1. The fraction of sp³-hybridized carbons (Fsp3) is 0.316. The van der Waals surface area contributed by atoms with Crippen LogP contribution in [0.2, 0.25) is 0 Å². The lowest BCUT2D eigenvalue weighted by atomic mass is 9.87. The molecule has 6 nitrogen and oxygen atoms in total. The monoisotopic (exact) mass is 421 g/mol. The van der Waals surface area contributed by atoms with Crippen LogP contribution in [0.15, 0.2) is 48.9 Å². The summed E-state index contributed by atoms with van der Waals surface area (Å²) in [6, 6.07) is 8.34. The van der Waals surface area contributed by atoms with Gasteiger partial charge in [-0.1, -0.05) is 12.1 Å². The number of amides is 1. The van der Waals surface area contributed by atoms with Gasteiger partial charge in [0.15, 0.2) is 5.13 Å². The van der Waals surface area contributed by atoms with Crippen molar-refractivity contribution in [3.63, 3.8) is 0 Å². The zero-order valence-electron chi connectivity index (χ0n) is 15.1. The number of nitrogens with zero attached hydrogens (tertiary/aromatic N) is 3. The van der Waals surface area contributed by atoms with E-state index in [1.165, 1.54) is 23.5 Å². The van der Waals surface area contributed by atoms with Crippen LogP contribution in [0, 0.1) is 5.82 Å². The van der Waals surface area contributed by atoms with Gasteiger partial charge >= 0.3 is 0 Å². The van der Waals surface area contributed by atoms with Crippen molar-refractivity contribution in [1.29, 1.82) is 0 Å². The topological polar surface area (TPSA) is 71.8 Å². The quantitative estimate of drug-likeness (QED) is 0.663. The fourth-order valence-corrected chi connectivity index (χ4v) is 4.27. The molecule has 0 spiro atoms. The summed E-state index contributed by atoms with van der Waals surface area (Å²) >= 11 is 1.41. The van der Waals surface area contributed by atoms with E-state index in [-0.39, 0.29) is 24.1 Å². The van der Waals surface area contributed by atoms with Crippen LogP contribution in [-0.2, 0) is 16.8 Å². The van der Waals surface area contributed by atoms with Gasteiger partial charge < -0.3 is 5.32 Å². The summed E-state index contributed by atoms with van der Waals surface area (Å²) in [5, 5.41) is 11.1. The molecule has 148 valence electrons. The molecule has 3 aromatic rings. The summed E-state index contributed by atoms with van der Waals surface area (Å²) < 4.78 is 15.1. The fourth-order valence-electron chi connectivity index (χ4n) is 3.43. The number of hydrogen-bond donors (Lipinski definition) is 2. The van der Waals surface area contributed by atoms with E-state index in [0.717, 1.165) is 23.5 Å². The van der Waals surface area contributed by atoms with Gasteiger partial charge in [-0.05, 0) is 49.7 Å². The number of thiazole rings is 1. The lowest BCUT2D eigenvalue weighted by Crippen LogP contribution is -2.52. The smallest absolute Gasteiger partial charge is 0.254 e. The molecule has 1 amide bonds. The van der Waals surface area contributed by atoms with E-state index in [1.807, 2.05) is 18.3 Å². The molecule has 1 fully saturated rings. The van der Waals surface area contributed by atoms with E-state index >= 15 is 0 Å². The Bertz CT molecular complexity index is 924. The lowest BCUT2D eigenvalue weighted by Gasteiger charge is -2.36. The first-order valence-corrected chi connectivity index (χ1v) is 9.69. The maximum absolute atomic E-state index is 13.3. The predicted molar refractivity (Wildman–Crippen MR) is 110 cm³/mol. The van der Waals surface area contributed by atoms with Crippen molar-refractivity contribution in [3.8, 4) is 0 Å². The van der Waals surface area contributed by atoms with Crippen molar-refractivity contribution >= 4 is 34.8 Å². The second-order valence-electron chi connectivity index (χ2n) is 6.62. The van der Waals surface area contributed by atoms with E-state index < -0.39 is 5.54 Å². The standard InChI is InChI=1S/C19H20FN5OS.ClH/c20-15-4-1-3-14(11-15)12-16-13-22-18(27-16)24-17(26)19(5-8-21-9-6-19)25-10-2-7-23-25;/h1-4,7,10-11,13,21H,5-6,8-9,12H2,(H,22,24,26);1H. The number of piperidine rings is 1. The Hall–Kier alpha value is -2.29. The van der Waals surface area contributed by atoms with Crippen molar-refractivity contribution in [2.24, 2.45) is 0 Å². The van der Waals surface area contributed by atoms with Crippen LogP contribution in [0.4, 0.5) is 9.52 Å². The molecule has 3 heterocycles. The molecule has 28 heavy (non-hydrogen) atoms. The maximum Gasteiger partial charge on any atom is 0.254 e. The molecule has 0 aliphatic carbocycles. The summed E-state index contributed by atoms with van der Waals surface area (Å²) in [5.41, 5.74) is 0.172. The van der Waals surface area contributed by atoms with Crippen molar-refractivity contribution in [2.45, 2.75) is 24.8 Å². The second kappa shape index (κ2) is 8.81. The van der Waals surface area contributed by atoms with Crippen LogP contribution in [0.1, 0.15) is 23.3 Å². The second-order valence-corrected chi connectivity index (χ2v) is 7.74. The normalized spacial score (nSPS) is 15.6. The number of aromatic nitrogens is 3. The average molecular weight is 422 g/mol. The summed E-state index contributed by atoms with van der Waals surface area (Å²) in [6.07, 6.45) is 7.18. The number of carbonyl (C=O) groups is 1. The molecule has 9 heteroatoms.